The van der Waals surface area contributed by atoms with E-state index in [1.807, 2.05) is 6.07 Å². The Kier molecular flexibility index (Phi) is 8.46. The molecule has 1 amide bonds. The number of aryl methyl sites for hydroxylation is 1. The van der Waals surface area contributed by atoms with Crippen molar-refractivity contribution in [2.75, 3.05) is 40.5 Å². The Labute approximate surface area is 193 Å². The minimum atomic E-state index is -0.472. The average molecular weight is 462 g/mol. The monoisotopic (exact) mass is 461 g/mol. The summed E-state index contributed by atoms with van der Waals surface area (Å²) in [6, 6.07) is 5.03. The molecule has 0 atom stereocenters. The van der Waals surface area contributed by atoms with E-state index in [0.29, 0.717) is 35.7 Å². The molecule has 33 heavy (non-hydrogen) atoms. The van der Waals surface area contributed by atoms with Crippen LogP contribution in [0.1, 0.15) is 50.5 Å². The number of esters is 1. The fourth-order valence-corrected chi connectivity index (χ4v) is 4.13. The van der Waals surface area contributed by atoms with Crippen LogP contribution in [0.5, 0.6) is 5.75 Å². The number of carbonyl (C=O) groups excluding carboxylic acids is 2. The lowest BCUT2D eigenvalue weighted by Crippen LogP contribution is -2.44. The largest absolute Gasteiger partial charge is 0.494 e. The van der Waals surface area contributed by atoms with Gasteiger partial charge in [-0.15, -0.1) is 0 Å². The molecule has 2 N–H and O–H groups in total. The molecule has 1 aliphatic rings. The SMILES string of the molecule is COCCOC(=O)c1c(C)[nH]c(C(=O)NC2CCN(Cc3ccc(OC)c(F)c3)CC2)c1C. The van der Waals surface area contributed by atoms with Crippen molar-refractivity contribution in [3.8, 4) is 5.75 Å². The molecule has 0 aliphatic carbocycles. The van der Waals surface area contributed by atoms with Crippen LogP contribution in [0, 0.1) is 19.7 Å². The van der Waals surface area contributed by atoms with E-state index < -0.39 is 5.97 Å². The van der Waals surface area contributed by atoms with E-state index in [-0.39, 0.29) is 30.1 Å². The Hall–Kier alpha value is -2.91. The first kappa shape index (κ1) is 24.7. The number of nitrogens with one attached hydrogen (secondary N) is 2. The number of aromatic nitrogens is 1. The van der Waals surface area contributed by atoms with E-state index >= 15 is 0 Å². The second-order valence-electron chi connectivity index (χ2n) is 8.25. The molecular weight excluding hydrogens is 429 g/mol. The first-order valence-electron chi connectivity index (χ1n) is 11.0. The van der Waals surface area contributed by atoms with Crippen LogP contribution in [-0.4, -0.2) is 68.3 Å². The van der Waals surface area contributed by atoms with Crippen LogP contribution in [0.3, 0.4) is 0 Å². The van der Waals surface area contributed by atoms with Gasteiger partial charge in [-0.1, -0.05) is 6.07 Å². The van der Waals surface area contributed by atoms with Gasteiger partial charge in [0.1, 0.15) is 12.3 Å². The second kappa shape index (κ2) is 11.3. The molecule has 0 spiro atoms. The zero-order valence-corrected chi connectivity index (χ0v) is 19.6. The van der Waals surface area contributed by atoms with Gasteiger partial charge in [0.05, 0.1) is 19.3 Å². The number of hydrogen-bond acceptors (Lipinski definition) is 6. The number of ether oxygens (including phenoxy) is 3. The third-order valence-electron chi connectivity index (χ3n) is 5.93. The van der Waals surface area contributed by atoms with Gasteiger partial charge >= 0.3 is 5.97 Å². The second-order valence-corrected chi connectivity index (χ2v) is 8.25. The van der Waals surface area contributed by atoms with Crippen LogP contribution >= 0.6 is 0 Å². The number of hydrogen-bond donors (Lipinski definition) is 2. The van der Waals surface area contributed by atoms with Gasteiger partial charge in [-0.2, -0.15) is 0 Å². The van der Waals surface area contributed by atoms with Crippen molar-refractivity contribution in [1.29, 1.82) is 0 Å². The molecule has 0 saturated carbocycles. The molecule has 180 valence electrons. The normalized spacial score (nSPS) is 14.8. The molecule has 1 aromatic heterocycles. The van der Waals surface area contributed by atoms with E-state index in [4.69, 9.17) is 14.2 Å². The molecule has 2 aromatic rings. The third kappa shape index (κ3) is 6.11. The van der Waals surface area contributed by atoms with Gasteiger partial charge in [-0.05, 0) is 49.9 Å². The zero-order chi connectivity index (χ0) is 24.0. The van der Waals surface area contributed by atoms with Crippen molar-refractivity contribution >= 4 is 11.9 Å². The van der Waals surface area contributed by atoms with E-state index in [1.165, 1.54) is 20.3 Å². The van der Waals surface area contributed by atoms with Gasteiger partial charge in [0.15, 0.2) is 11.6 Å². The predicted octanol–water partition coefficient (Wildman–Crippen LogP) is 2.98. The summed E-state index contributed by atoms with van der Waals surface area (Å²) >= 11 is 0. The number of halogens is 1. The number of carbonyl (C=O) groups is 2. The number of H-pyrrole nitrogens is 1. The van der Waals surface area contributed by atoms with Crippen LogP contribution in [-0.2, 0) is 16.0 Å². The van der Waals surface area contributed by atoms with E-state index in [2.05, 4.69) is 15.2 Å². The number of amides is 1. The summed E-state index contributed by atoms with van der Waals surface area (Å²) in [4.78, 5) is 30.5. The molecule has 8 nitrogen and oxygen atoms in total. The highest BCUT2D eigenvalue weighted by Crippen LogP contribution is 2.22. The Bertz CT molecular complexity index is 983. The number of methoxy groups -OCH3 is 2. The maximum atomic E-state index is 13.9. The summed E-state index contributed by atoms with van der Waals surface area (Å²) in [5, 5.41) is 3.07. The lowest BCUT2D eigenvalue weighted by Gasteiger charge is -2.32. The Morgan fingerprint density at radius 3 is 2.55 bits per heavy atom. The molecular formula is C24H32FN3O5. The van der Waals surface area contributed by atoms with Crippen molar-refractivity contribution < 1.29 is 28.2 Å². The van der Waals surface area contributed by atoms with Crippen molar-refractivity contribution in [1.82, 2.24) is 15.2 Å². The number of benzene rings is 1. The molecule has 0 radical (unpaired) electrons. The van der Waals surface area contributed by atoms with Gasteiger partial charge in [0.25, 0.3) is 5.91 Å². The maximum Gasteiger partial charge on any atom is 0.340 e. The van der Waals surface area contributed by atoms with Crippen LogP contribution < -0.4 is 10.1 Å². The zero-order valence-electron chi connectivity index (χ0n) is 19.6. The van der Waals surface area contributed by atoms with E-state index in [1.54, 1.807) is 19.9 Å². The minimum absolute atomic E-state index is 0.0291. The van der Waals surface area contributed by atoms with E-state index in [9.17, 15) is 14.0 Å². The molecule has 1 fully saturated rings. The summed E-state index contributed by atoms with van der Waals surface area (Å²) in [6.45, 7) is 6.18. The van der Waals surface area contributed by atoms with Crippen LogP contribution in [0.4, 0.5) is 4.39 Å². The summed E-state index contributed by atoms with van der Waals surface area (Å²) in [5.74, 6) is -0.833. The highest BCUT2D eigenvalue weighted by Gasteiger charge is 2.26. The lowest BCUT2D eigenvalue weighted by molar-refractivity contribution is 0.0386. The highest BCUT2D eigenvalue weighted by atomic mass is 19.1. The number of aromatic amines is 1. The molecule has 1 aliphatic heterocycles. The van der Waals surface area contributed by atoms with Crippen molar-refractivity contribution in [2.45, 2.75) is 39.3 Å². The molecule has 0 unspecified atom stereocenters. The topological polar surface area (TPSA) is 92.9 Å². The quantitative estimate of drug-likeness (QED) is 0.441. The fraction of sp³-hybridized carbons (Fsp3) is 0.500. The molecule has 1 aromatic carbocycles. The third-order valence-corrected chi connectivity index (χ3v) is 5.93. The Morgan fingerprint density at radius 2 is 1.91 bits per heavy atom. The Balaban J connectivity index is 1.53. The predicted molar refractivity (Wildman–Crippen MR) is 121 cm³/mol. The average Bonchev–Trinajstić information content (AvgIpc) is 3.09. The molecule has 3 rings (SSSR count). The first-order chi connectivity index (χ1) is 15.8. The molecule has 0 bridgehead atoms. The van der Waals surface area contributed by atoms with E-state index in [0.717, 1.165) is 31.5 Å². The maximum absolute atomic E-state index is 13.9. The minimum Gasteiger partial charge on any atom is -0.494 e. The van der Waals surface area contributed by atoms with Gasteiger partial charge < -0.3 is 24.5 Å². The smallest absolute Gasteiger partial charge is 0.340 e. The number of likely N-dealkylation sites (tertiary alicyclic amines) is 1. The van der Waals surface area contributed by atoms with Gasteiger partial charge in [0.2, 0.25) is 0 Å². The van der Waals surface area contributed by atoms with Crippen molar-refractivity contribution in [2.24, 2.45) is 0 Å². The standard InChI is InChI=1S/C24H32FN3O5/c1-15-21(24(30)33-12-11-31-3)16(2)26-22(15)23(29)27-18-7-9-28(10-8-18)14-17-5-6-20(32-4)19(25)13-17/h5-6,13,18,26H,7-12,14H2,1-4H3,(H,27,29). The fourth-order valence-electron chi connectivity index (χ4n) is 4.13. The van der Waals surface area contributed by atoms with Crippen molar-refractivity contribution in [3.05, 3.63) is 52.1 Å². The number of rotatable bonds is 9. The molecule has 2 heterocycles. The van der Waals surface area contributed by atoms with Gasteiger partial charge in [0, 0.05) is 38.5 Å². The lowest BCUT2D eigenvalue weighted by atomic mass is 10.0. The highest BCUT2D eigenvalue weighted by molar-refractivity contribution is 6.00. The number of nitrogens with zero attached hydrogens (tertiary/aromatic N) is 1. The van der Waals surface area contributed by atoms with Crippen molar-refractivity contribution in [3.63, 3.8) is 0 Å². The first-order valence-corrected chi connectivity index (χ1v) is 11.0. The van der Waals surface area contributed by atoms with Gasteiger partial charge in [-0.3, -0.25) is 9.69 Å². The molecule has 1 saturated heterocycles. The van der Waals surface area contributed by atoms with Crippen LogP contribution in [0.15, 0.2) is 18.2 Å². The van der Waals surface area contributed by atoms with Gasteiger partial charge in [-0.25, -0.2) is 9.18 Å². The molecule has 9 heteroatoms. The Morgan fingerprint density at radius 1 is 1.18 bits per heavy atom. The van der Waals surface area contributed by atoms with Crippen LogP contribution in [0.25, 0.3) is 0 Å². The van der Waals surface area contributed by atoms with Crippen LogP contribution in [0.2, 0.25) is 0 Å². The summed E-state index contributed by atoms with van der Waals surface area (Å²) in [6.07, 6.45) is 1.57. The summed E-state index contributed by atoms with van der Waals surface area (Å²) < 4.78 is 29.0. The number of piperidine rings is 1. The summed E-state index contributed by atoms with van der Waals surface area (Å²) in [7, 11) is 2.98. The summed E-state index contributed by atoms with van der Waals surface area (Å²) in [5.41, 5.74) is 2.83.